The number of nitrogens with one attached hydrogen (secondary N) is 2. The van der Waals surface area contributed by atoms with Crippen LogP contribution in [0.3, 0.4) is 0 Å². The van der Waals surface area contributed by atoms with Crippen LogP contribution in [0, 0.1) is 5.92 Å². The highest BCUT2D eigenvalue weighted by molar-refractivity contribution is 6.35. The maximum Gasteiger partial charge on any atom is 0.261 e. The van der Waals surface area contributed by atoms with Gasteiger partial charge in [0.05, 0.1) is 0 Å². The van der Waals surface area contributed by atoms with Crippen LogP contribution in [0.1, 0.15) is 27.7 Å². The molecule has 26 heavy (non-hydrogen) atoms. The molecule has 0 saturated carbocycles. The first-order valence-electron chi connectivity index (χ1n) is 8.77. The average Bonchev–Trinajstić information content (AvgIpc) is 2.61. The third-order valence-corrected chi connectivity index (χ3v) is 4.43. The van der Waals surface area contributed by atoms with E-state index in [4.69, 9.17) is 16.3 Å². The highest BCUT2D eigenvalue weighted by Gasteiger charge is 2.26. The summed E-state index contributed by atoms with van der Waals surface area (Å²) >= 11 is 6.22. The number of fused-ring (bicyclic) bond motifs is 1. The minimum Gasteiger partial charge on any atom is -0.480 e. The lowest BCUT2D eigenvalue weighted by Crippen LogP contribution is -2.52. The molecule has 0 aliphatic carbocycles. The van der Waals surface area contributed by atoms with Crippen molar-refractivity contribution in [3.8, 4) is 5.75 Å². The first kappa shape index (κ1) is 20.0. The fourth-order valence-corrected chi connectivity index (χ4v) is 2.90. The summed E-state index contributed by atoms with van der Waals surface area (Å²) in [4.78, 5) is 24.7. The van der Waals surface area contributed by atoms with Crippen LogP contribution in [-0.2, 0) is 9.59 Å². The Morgan fingerprint density at radius 3 is 2.31 bits per heavy atom. The molecule has 0 aliphatic rings. The number of hydrogen-bond donors (Lipinski definition) is 2. The smallest absolute Gasteiger partial charge is 0.261 e. The van der Waals surface area contributed by atoms with Crippen LogP contribution in [0.15, 0.2) is 36.4 Å². The molecule has 0 unspecified atom stereocenters. The number of rotatable bonds is 7. The van der Waals surface area contributed by atoms with Crippen molar-refractivity contribution in [3.05, 3.63) is 41.4 Å². The molecule has 0 fully saturated rings. The monoisotopic (exact) mass is 376 g/mol. The van der Waals surface area contributed by atoms with E-state index in [1.165, 1.54) is 0 Å². The Morgan fingerprint density at radius 1 is 1.04 bits per heavy atom. The van der Waals surface area contributed by atoms with E-state index in [-0.39, 0.29) is 17.7 Å². The second kappa shape index (κ2) is 8.90. The molecular formula is C20H25ClN2O3. The van der Waals surface area contributed by atoms with Gasteiger partial charge in [0.15, 0.2) is 6.10 Å². The number of hydrogen-bond acceptors (Lipinski definition) is 3. The summed E-state index contributed by atoms with van der Waals surface area (Å²) in [6, 6.07) is 10.5. The lowest BCUT2D eigenvalue weighted by Gasteiger charge is -2.24. The van der Waals surface area contributed by atoms with Gasteiger partial charge in [0, 0.05) is 22.3 Å². The van der Waals surface area contributed by atoms with Crippen molar-refractivity contribution < 1.29 is 14.3 Å². The third-order valence-electron chi connectivity index (χ3n) is 4.10. The van der Waals surface area contributed by atoms with Gasteiger partial charge in [-0.3, -0.25) is 9.59 Å². The minimum atomic E-state index is -0.754. The zero-order valence-electron chi connectivity index (χ0n) is 15.5. The third kappa shape index (κ3) is 4.67. The topological polar surface area (TPSA) is 67.4 Å². The minimum absolute atomic E-state index is 0.0333. The number of amides is 2. The number of ether oxygens (including phenoxy) is 1. The maximum absolute atomic E-state index is 12.5. The normalized spacial score (nSPS) is 13.3. The molecule has 0 saturated heterocycles. The summed E-state index contributed by atoms with van der Waals surface area (Å²) in [5.41, 5.74) is 0. The van der Waals surface area contributed by atoms with Crippen LogP contribution in [-0.4, -0.2) is 30.5 Å². The van der Waals surface area contributed by atoms with Crippen LogP contribution >= 0.6 is 11.6 Å². The van der Waals surface area contributed by atoms with Crippen LogP contribution in [0.4, 0.5) is 0 Å². The quantitative estimate of drug-likeness (QED) is 0.776. The van der Waals surface area contributed by atoms with Gasteiger partial charge < -0.3 is 15.4 Å². The van der Waals surface area contributed by atoms with E-state index in [2.05, 4.69) is 10.6 Å². The lowest BCUT2D eigenvalue weighted by molar-refractivity contribution is -0.133. The first-order valence-corrected chi connectivity index (χ1v) is 9.15. The van der Waals surface area contributed by atoms with E-state index >= 15 is 0 Å². The van der Waals surface area contributed by atoms with E-state index in [0.717, 1.165) is 10.8 Å². The Labute approximate surface area is 159 Å². The summed E-state index contributed by atoms with van der Waals surface area (Å²) in [5, 5.41) is 7.85. The average molecular weight is 377 g/mol. The van der Waals surface area contributed by atoms with Gasteiger partial charge >= 0.3 is 0 Å². The van der Waals surface area contributed by atoms with Crippen LogP contribution < -0.4 is 15.4 Å². The molecule has 2 N–H and O–H groups in total. The molecule has 0 spiro atoms. The maximum atomic E-state index is 12.5. The Hall–Kier alpha value is -2.27. The van der Waals surface area contributed by atoms with E-state index < -0.39 is 12.1 Å². The van der Waals surface area contributed by atoms with Crippen molar-refractivity contribution in [2.24, 2.45) is 5.92 Å². The molecule has 6 heteroatoms. The van der Waals surface area contributed by atoms with E-state index in [9.17, 15) is 9.59 Å². The first-order chi connectivity index (χ1) is 12.3. The Kier molecular flexibility index (Phi) is 6.86. The molecule has 2 amide bonds. The van der Waals surface area contributed by atoms with Crippen molar-refractivity contribution >= 4 is 34.2 Å². The molecule has 0 radical (unpaired) electrons. The predicted molar refractivity (Wildman–Crippen MR) is 105 cm³/mol. The number of carbonyl (C=O) groups excluding carboxylic acids is 2. The Morgan fingerprint density at radius 2 is 1.69 bits per heavy atom. The van der Waals surface area contributed by atoms with Gasteiger partial charge in [0.2, 0.25) is 5.91 Å². The molecular weight excluding hydrogens is 352 g/mol. The second-order valence-electron chi connectivity index (χ2n) is 6.48. The van der Waals surface area contributed by atoms with Crippen LogP contribution in [0.25, 0.3) is 10.8 Å². The molecule has 0 aromatic heterocycles. The highest BCUT2D eigenvalue weighted by Crippen LogP contribution is 2.31. The number of likely N-dealkylation sites (N-methyl/N-ethyl adjacent to an activating group) is 1. The molecule has 2 rings (SSSR count). The lowest BCUT2D eigenvalue weighted by atomic mass is 10.0. The van der Waals surface area contributed by atoms with Gasteiger partial charge in [-0.2, -0.15) is 0 Å². The van der Waals surface area contributed by atoms with Crippen molar-refractivity contribution in [2.75, 3.05) is 6.54 Å². The summed E-state index contributed by atoms with van der Waals surface area (Å²) in [7, 11) is 0. The zero-order chi connectivity index (χ0) is 19.3. The van der Waals surface area contributed by atoms with E-state index in [1.54, 1.807) is 19.1 Å². The van der Waals surface area contributed by atoms with E-state index in [1.807, 2.05) is 45.0 Å². The van der Waals surface area contributed by atoms with Gasteiger partial charge in [-0.15, -0.1) is 0 Å². The number of carbonyl (C=O) groups is 2. The molecule has 0 aliphatic heterocycles. The second-order valence-corrected chi connectivity index (χ2v) is 6.88. The van der Waals surface area contributed by atoms with Crippen molar-refractivity contribution in [2.45, 2.75) is 39.8 Å². The summed E-state index contributed by atoms with van der Waals surface area (Å²) in [6.45, 7) is 7.79. The van der Waals surface area contributed by atoms with Crippen molar-refractivity contribution in [1.82, 2.24) is 10.6 Å². The molecule has 5 nitrogen and oxygen atoms in total. The zero-order valence-corrected chi connectivity index (χ0v) is 16.3. The summed E-state index contributed by atoms with van der Waals surface area (Å²) < 4.78 is 5.86. The van der Waals surface area contributed by atoms with Crippen molar-refractivity contribution in [1.29, 1.82) is 0 Å². The number of halogens is 1. The molecule has 0 bridgehead atoms. The van der Waals surface area contributed by atoms with Gasteiger partial charge in [0.1, 0.15) is 11.8 Å². The predicted octanol–water partition coefficient (Wildman–Crippen LogP) is 3.54. The largest absolute Gasteiger partial charge is 0.480 e. The fraction of sp³-hybridized carbons (Fsp3) is 0.400. The standard InChI is InChI=1S/C20H25ClN2O3/c1-5-22-20(25)18(12(2)3)23-19(24)13(4)26-17-11-10-16(21)14-8-6-7-9-15(14)17/h6-13,18H,5H2,1-4H3,(H,22,25)(H,23,24)/t13-,18-/m0/s1. The van der Waals surface area contributed by atoms with Gasteiger partial charge in [0.25, 0.3) is 5.91 Å². The van der Waals surface area contributed by atoms with Gasteiger partial charge in [-0.05, 0) is 31.9 Å². The number of benzene rings is 2. The molecule has 2 aromatic rings. The van der Waals surface area contributed by atoms with Gasteiger partial charge in [-0.25, -0.2) is 0 Å². The van der Waals surface area contributed by atoms with Gasteiger partial charge in [-0.1, -0.05) is 49.7 Å². The van der Waals surface area contributed by atoms with E-state index in [0.29, 0.717) is 17.3 Å². The molecule has 2 aromatic carbocycles. The Balaban J connectivity index is 2.14. The molecule has 0 heterocycles. The van der Waals surface area contributed by atoms with Crippen molar-refractivity contribution in [3.63, 3.8) is 0 Å². The summed E-state index contributed by atoms with van der Waals surface area (Å²) in [5.74, 6) is 0.00907. The Bertz CT molecular complexity index is 792. The summed E-state index contributed by atoms with van der Waals surface area (Å²) in [6.07, 6.45) is -0.754. The SMILES string of the molecule is CCNC(=O)[C@@H](NC(=O)[C@H](C)Oc1ccc(Cl)c2ccccc12)C(C)C. The fourth-order valence-electron chi connectivity index (χ4n) is 2.67. The van der Waals surface area contributed by atoms with Crippen LogP contribution in [0.5, 0.6) is 5.75 Å². The van der Waals surface area contributed by atoms with Crippen LogP contribution in [0.2, 0.25) is 5.02 Å². The highest BCUT2D eigenvalue weighted by atomic mass is 35.5. The molecule has 140 valence electrons. The molecule has 2 atom stereocenters.